The summed E-state index contributed by atoms with van der Waals surface area (Å²) in [5, 5.41) is 0. The fraction of sp³-hybridized carbons (Fsp3) is 0.600. The molecule has 1 atom stereocenters. The van der Waals surface area contributed by atoms with E-state index in [1.807, 2.05) is 0 Å². The van der Waals surface area contributed by atoms with Crippen LogP contribution < -0.4 is 10.6 Å². The molecule has 0 aliphatic carbocycles. The standard InChI is InChI=1S/C15H25N3/c1-15(2)11-17(3)10-14(9-16)18(12-15)13-7-5-4-6-8-13/h4-8,14H,9-12,16H2,1-3H3. The fourth-order valence-electron chi connectivity index (χ4n) is 3.02. The molecule has 1 unspecified atom stereocenters. The van der Waals surface area contributed by atoms with Crippen molar-refractivity contribution in [3.05, 3.63) is 30.3 Å². The number of nitrogens with zero attached hydrogens (tertiary/aromatic N) is 2. The third kappa shape index (κ3) is 3.03. The van der Waals surface area contributed by atoms with Gasteiger partial charge in [0.2, 0.25) is 0 Å². The lowest BCUT2D eigenvalue weighted by Gasteiger charge is -2.35. The zero-order chi connectivity index (χ0) is 13.2. The van der Waals surface area contributed by atoms with Crippen LogP contribution in [-0.2, 0) is 0 Å². The summed E-state index contributed by atoms with van der Waals surface area (Å²) in [5.74, 6) is 0. The number of likely N-dealkylation sites (N-methyl/N-ethyl adjacent to an activating group) is 1. The highest BCUT2D eigenvalue weighted by molar-refractivity contribution is 5.48. The van der Waals surface area contributed by atoms with Crippen molar-refractivity contribution in [1.82, 2.24) is 4.90 Å². The van der Waals surface area contributed by atoms with Gasteiger partial charge in [0.25, 0.3) is 0 Å². The molecular formula is C15H25N3. The average Bonchev–Trinajstić information content (AvgIpc) is 2.45. The summed E-state index contributed by atoms with van der Waals surface area (Å²) >= 11 is 0. The van der Waals surface area contributed by atoms with Crippen LogP contribution in [0.1, 0.15) is 13.8 Å². The maximum absolute atomic E-state index is 5.98. The van der Waals surface area contributed by atoms with Crippen LogP contribution in [0.3, 0.4) is 0 Å². The SMILES string of the molecule is CN1CC(CN)N(c2ccccc2)CC(C)(C)C1. The molecule has 1 heterocycles. The van der Waals surface area contributed by atoms with Crippen molar-refractivity contribution in [2.75, 3.05) is 38.1 Å². The lowest BCUT2D eigenvalue weighted by Crippen LogP contribution is -2.46. The zero-order valence-electron chi connectivity index (χ0n) is 11.8. The van der Waals surface area contributed by atoms with Gasteiger partial charge in [-0.1, -0.05) is 32.0 Å². The molecule has 18 heavy (non-hydrogen) atoms. The van der Waals surface area contributed by atoms with Gasteiger partial charge in [0.1, 0.15) is 0 Å². The molecule has 1 fully saturated rings. The molecule has 0 bridgehead atoms. The summed E-state index contributed by atoms with van der Waals surface area (Å²) in [5.41, 5.74) is 7.56. The van der Waals surface area contributed by atoms with Crippen LogP contribution in [-0.4, -0.2) is 44.2 Å². The normalized spacial score (nSPS) is 24.9. The monoisotopic (exact) mass is 247 g/mol. The molecule has 1 aromatic rings. The topological polar surface area (TPSA) is 32.5 Å². The Hall–Kier alpha value is -1.06. The molecule has 1 aliphatic rings. The highest BCUT2D eigenvalue weighted by Gasteiger charge is 2.32. The molecular weight excluding hydrogens is 222 g/mol. The van der Waals surface area contributed by atoms with Crippen LogP contribution in [0.4, 0.5) is 5.69 Å². The summed E-state index contributed by atoms with van der Waals surface area (Å²) in [4.78, 5) is 4.88. The van der Waals surface area contributed by atoms with Gasteiger partial charge in [-0.3, -0.25) is 0 Å². The number of benzene rings is 1. The van der Waals surface area contributed by atoms with Crippen LogP contribution in [0.2, 0.25) is 0 Å². The molecule has 0 radical (unpaired) electrons. The lowest BCUT2D eigenvalue weighted by molar-refractivity contribution is 0.239. The number of para-hydroxylation sites is 1. The first kappa shape index (κ1) is 13.4. The minimum Gasteiger partial charge on any atom is -0.365 e. The molecule has 0 amide bonds. The maximum Gasteiger partial charge on any atom is 0.0539 e. The molecule has 2 N–H and O–H groups in total. The number of nitrogens with two attached hydrogens (primary N) is 1. The molecule has 0 aromatic heterocycles. The van der Waals surface area contributed by atoms with Crippen LogP contribution in [0.5, 0.6) is 0 Å². The molecule has 100 valence electrons. The van der Waals surface area contributed by atoms with Gasteiger partial charge >= 0.3 is 0 Å². The third-order valence-electron chi connectivity index (χ3n) is 3.62. The van der Waals surface area contributed by atoms with Crippen molar-refractivity contribution in [1.29, 1.82) is 0 Å². The Morgan fingerprint density at radius 3 is 2.50 bits per heavy atom. The van der Waals surface area contributed by atoms with Gasteiger partial charge in [0.05, 0.1) is 6.04 Å². The summed E-state index contributed by atoms with van der Waals surface area (Å²) < 4.78 is 0. The quantitative estimate of drug-likeness (QED) is 0.865. The molecule has 2 rings (SSSR count). The van der Waals surface area contributed by atoms with Crippen molar-refractivity contribution >= 4 is 5.69 Å². The van der Waals surface area contributed by atoms with E-state index in [1.54, 1.807) is 0 Å². The second-order valence-corrected chi connectivity index (χ2v) is 6.21. The minimum absolute atomic E-state index is 0.286. The number of rotatable bonds is 2. The number of anilines is 1. The summed E-state index contributed by atoms with van der Waals surface area (Å²) in [6.45, 7) is 8.58. The zero-order valence-corrected chi connectivity index (χ0v) is 11.8. The van der Waals surface area contributed by atoms with E-state index in [0.29, 0.717) is 12.6 Å². The van der Waals surface area contributed by atoms with E-state index in [4.69, 9.17) is 5.73 Å². The number of hydrogen-bond acceptors (Lipinski definition) is 3. The highest BCUT2D eigenvalue weighted by Crippen LogP contribution is 2.27. The first-order valence-electron chi connectivity index (χ1n) is 6.72. The van der Waals surface area contributed by atoms with Crippen LogP contribution in [0.15, 0.2) is 30.3 Å². The molecule has 0 spiro atoms. The van der Waals surface area contributed by atoms with E-state index in [-0.39, 0.29) is 5.41 Å². The van der Waals surface area contributed by atoms with Gasteiger partial charge in [0, 0.05) is 31.9 Å². The molecule has 1 aliphatic heterocycles. The Morgan fingerprint density at radius 1 is 1.22 bits per heavy atom. The lowest BCUT2D eigenvalue weighted by atomic mass is 9.92. The summed E-state index contributed by atoms with van der Waals surface area (Å²) in [6, 6.07) is 11.0. The summed E-state index contributed by atoms with van der Waals surface area (Å²) in [6.07, 6.45) is 0. The van der Waals surface area contributed by atoms with Crippen molar-refractivity contribution in [2.45, 2.75) is 19.9 Å². The molecule has 3 nitrogen and oxygen atoms in total. The van der Waals surface area contributed by atoms with Crippen molar-refractivity contribution < 1.29 is 0 Å². The molecule has 3 heteroatoms. The highest BCUT2D eigenvalue weighted by atomic mass is 15.3. The first-order chi connectivity index (χ1) is 8.52. The molecule has 0 saturated carbocycles. The average molecular weight is 247 g/mol. The minimum atomic E-state index is 0.286. The van der Waals surface area contributed by atoms with E-state index >= 15 is 0 Å². The Labute approximate surface area is 111 Å². The maximum atomic E-state index is 5.98. The largest absolute Gasteiger partial charge is 0.365 e. The molecule has 1 aromatic carbocycles. The van der Waals surface area contributed by atoms with Gasteiger partial charge in [0.15, 0.2) is 0 Å². The van der Waals surface area contributed by atoms with Gasteiger partial charge < -0.3 is 15.5 Å². The second-order valence-electron chi connectivity index (χ2n) is 6.21. The van der Waals surface area contributed by atoms with Crippen LogP contribution in [0, 0.1) is 5.41 Å². The van der Waals surface area contributed by atoms with Crippen LogP contribution in [0.25, 0.3) is 0 Å². The van der Waals surface area contributed by atoms with E-state index in [2.05, 4.69) is 61.0 Å². The first-order valence-corrected chi connectivity index (χ1v) is 6.72. The van der Waals surface area contributed by atoms with E-state index < -0.39 is 0 Å². The Kier molecular flexibility index (Phi) is 3.93. The van der Waals surface area contributed by atoms with E-state index in [9.17, 15) is 0 Å². The van der Waals surface area contributed by atoms with Crippen molar-refractivity contribution in [2.24, 2.45) is 11.1 Å². The van der Waals surface area contributed by atoms with Gasteiger partial charge in [-0.05, 0) is 24.6 Å². The summed E-state index contributed by atoms with van der Waals surface area (Å²) in [7, 11) is 2.19. The molecule has 1 saturated heterocycles. The van der Waals surface area contributed by atoms with E-state index in [0.717, 1.165) is 19.6 Å². The van der Waals surface area contributed by atoms with E-state index in [1.165, 1.54) is 5.69 Å². The Morgan fingerprint density at radius 2 is 1.89 bits per heavy atom. The second kappa shape index (κ2) is 5.29. The van der Waals surface area contributed by atoms with Crippen LogP contribution >= 0.6 is 0 Å². The van der Waals surface area contributed by atoms with Crippen molar-refractivity contribution in [3.63, 3.8) is 0 Å². The number of hydrogen-bond donors (Lipinski definition) is 1. The Bertz CT molecular complexity index is 375. The predicted molar refractivity (Wildman–Crippen MR) is 77.9 cm³/mol. The van der Waals surface area contributed by atoms with Crippen molar-refractivity contribution in [3.8, 4) is 0 Å². The fourth-order valence-corrected chi connectivity index (χ4v) is 3.02. The van der Waals surface area contributed by atoms with Gasteiger partial charge in [-0.25, -0.2) is 0 Å². The third-order valence-corrected chi connectivity index (χ3v) is 3.62. The van der Waals surface area contributed by atoms with Gasteiger partial charge in [-0.15, -0.1) is 0 Å². The Balaban J connectivity index is 2.29. The van der Waals surface area contributed by atoms with Gasteiger partial charge in [-0.2, -0.15) is 0 Å². The predicted octanol–water partition coefficient (Wildman–Crippen LogP) is 1.79. The smallest absolute Gasteiger partial charge is 0.0539 e.